The molecular weight excluding hydrogens is 460 g/mol. The highest BCUT2D eigenvalue weighted by molar-refractivity contribution is 6.31. The van der Waals surface area contributed by atoms with Crippen molar-refractivity contribution < 1.29 is 0 Å². The highest BCUT2D eigenvalue weighted by Gasteiger charge is 2.33. The molecule has 0 fully saturated rings. The van der Waals surface area contributed by atoms with Crippen molar-refractivity contribution in [1.29, 1.82) is 0 Å². The summed E-state index contributed by atoms with van der Waals surface area (Å²) in [6.07, 6.45) is 0. The number of rotatable bonds is 7. The third-order valence-electron chi connectivity index (χ3n) is 6.29. The van der Waals surface area contributed by atoms with Crippen molar-refractivity contribution in [2.45, 2.75) is 66.2 Å². The molecule has 1 atom stereocenters. The number of para-hydroxylation sites is 1. The van der Waals surface area contributed by atoms with Gasteiger partial charge in [-0.1, -0.05) is 61.8 Å². The Morgan fingerprint density at radius 2 is 1.77 bits per heavy atom. The van der Waals surface area contributed by atoms with Gasteiger partial charge >= 0.3 is 0 Å². The molecule has 7 nitrogen and oxygen atoms in total. The number of hydrogen-bond acceptors (Lipinski definition) is 5. The summed E-state index contributed by atoms with van der Waals surface area (Å²) < 4.78 is 1.88. The molecule has 2 aromatic carbocycles. The van der Waals surface area contributed by atoms with Gasteiger partial charge in [-0.15, -0.1) is 5.10 Å². The summed E-state index contributed by atoms with van der Waals surface area (Å²) in [5.41, 5.74) is 3.21. The molecule has 0 amide bonds. The largest absolute Gasteiger partial charge is 0.321 e. The van der Waals surface area contributed by atoms with Crippen molar-refractivity contribution in [3.63, 3.8) is 0 Å². The number of fused-ring (bicyclic) bond motifs is 1. The Balaban J connectivity index is 1.83. The normalized spacial score (nSPS) is 13.2. The molecule has 0 saturated carbocycles. The van der Waals surface area contributed by atoms with Gasteiger partial charge in [0.2, 0.25) is 0 Å². The van der Waals surface area contributed by atoms with Crippen LogP contribution in [0.15, 0.2) is 53.3 Å². The molecule has 2 heterocycles. The summed E-state index contributed by atoms with van der Waals surface area (Å²) in [6, 6.07) is 15.7. The van der Waals surface area contributed by atoms with Gasteiger partial charge in [-0.05, 0) is 72.7 Å². The first-order chi connectivity index (χ1) is 16.6. The molecule has 0 aliphatic carbocycles. The topological polar surface area (TPSA) is 79.7 Å². The van der Waals surface area contributed by atoms with Crippen molar-refractivity contribution in [2.24, 2.45) is 5.92 Å². The van der Waals surface area contributed by atoms with E-state index >= 15 is 0 Å². The van der Waals surface area contributed by atoms with E-state index < -0.39 is 0 Å². The van der Waals surface area contributed by atoms with E-state index in [1.54, 1.807) is 0 Å². The number of benzene rings is 2. The monoisotopic (exact) mass is 492 g/mol. The molecule has 0 radical (unpaired) electrons. The smallest absolute Gasteiger partial charge is 0.252 e. The van der Waals surface area contributed by atoms with Crippen molar-refractivity contribution >= 4 is 22.5 Å². The van der Waals surface area contributed by atoms with Gasteiger partial charge in [-0.3, -0.25) is 9.69 Å². The molecule has 2 aromatic heterocycles. The maximum Gasteiger partial charge on any atom is 0.252 e. The molecule has 4 rings (SSSR count). The van der Waals surface area contributed by atoms with Crippen LogP contribution in [0, 0.1) is 12.8 Å². The number of aromatic nitrogens is 5. The van der Waals surface area contributed by atoms with Crippen LogP contribution in [0.5, 0.6) is 0 Å². The molecule has 0 saturated heterocycles. The number of nitrogens with zero attached hydrogens (tertiary/aromatic N) is 5. The van der Waals surface area contributed by atoms with E-state index in [4.69, 9.17) is 11.6 Å². The number of aromatic amines is 1. The minimum atomic E-state index is -0.292. The van der Waals surface area contributed by atoms with Crippen molar-refractivity contribution in [3.8, 4) is 0 Å². The van der Waals surface area contributed by atoms with Gasteiger partial charge < -0.3 is 4.98 Å². The Morgan fingerprint density at radius 1 is 1.06 bits per heavy atom. The molecule has 0 aliphatic rings. The second kappa shape index (κ2) is 9.91. The van der Waals surface area contributed by atoms with E-state index in [1.165, 1.54) is 0 Å². The zero-order chi connectivity index (χ0) is 25.3. The van der Waals surface area contributed by atoms with Crippen molar-refractivity contribution in [3.05, 3.63) is 86.4 Å². The molecular formula is C27H33ClN6O. The Morgan fingerprint density at radius 3 is 2.46 bits per heavy atom. The van der Waals surface area contributed by atoms with E-state index in [-0.39, 0.29) is 23.1 Å². The van der Waals surface area contributed by atoms with Crippen molar-refractivity contribution in [2.75, 3.05) is 0 Å². The first-order valence-corrected chi connectivity index (χ1v) is 12.3. The average Bonchev–Trinajstić information content (AvgIpc) is 3.26. The average molecular weight is 493 g/mol. The van der Waals surface area contributed by atoms with Crippen LogP contribution in [0.3, 0.4) is 0 Å². The predicted molar refractivity (Wildman–Crippen MR) is 140 cm³/mol. The highest BCUT2D eigenvalue weighted by atomic mass is 35.5. The fourth-order valence-corrected chi connectivity index (χ4v) is 4.80. The lowest BCUT2D eigenvalue weighted by Crippen LogP contribution is -2.37. The first-order valence-electron chi connectivity index (χ1n) is 11.9. The summed E-state index contributed by atoms with van der Waals surface area (Å²) in [7, 11) is 0. The summed E-state index contributed by atoms with van der Waals surface area (Å²) in [5, 5.41) is 14.5. The lowest BCUT2D eigenvalue weighted by molar-refractivity contribution is 0.120. The van der Waals surface area contributed by atoms with Gasteiger partial charge in [0.05, 0.1) is 17.1 Å². The molecule has 8 heteroatoms. The minimum Gasteiger partial charge on any atom is -0.321 e. The number of halogens is 1. The number of nitrogens with one attached hydrogen (secondary N) is 1. The second-order valence-corrected chi connectivity index (χ2v) is 10.9. The van der Waals surface area contributed by atoms with E-state index in [1.807, 2.05) is 60.1 Å². The number of tetrazole rings is 1. The second-order valence-electron chi connectivity index (χ2n) is 10.5. The van der Waals surface area contributed by atoms with Crippen molar-refractivity contribution in [1.82, 2.24) is 30.1 Å². The lowest BCUT2D eigenvalue weighted by Gasteiger charge is -2.35. The third-order valence-corrected chi connectivity index (χ3v) is 6.66. The minimum absolute atomic E-state index is 0.0890. The zero-order valence-electron chi connectivity index (χ0n) is 21.2. The maximum absolute atomic E-state index is 13.2. The van der Waals surface area contributed by atoms with Crippen LogP contribution in [-0.2, 0) is 18.6 Å². The van der Waals surface area contributed by atoms with E-state index in [0.29, 0.717) is 23.7 Å². The molecule has 0 bridgehead atoms. The Labute approximate surface area is 211 Å². The summed E-state index contributed by atoms with van der Waals surface area (Å²) in [4.78, 5) is 18.5. The van der Waals surface area contributed by atoms with Crippen LogP contribution in [-0.4, -0.2) is 30.1 Å². The zero-order valence-corrected chi connectivity index (χ0v) is 22.0. The summed E-state index contributed by atoms with van der Waals surface area (Å²) in [5.74, 6) is 0.944. The van der Waals surface area contributed by atoms with Crippen LogP contribution in [0.25, 0.3) is 10.9 Å². The van der Waals surface area contributed by atoms with E-state index in [2.05, 4.69) is 60.0 Å². The Kier molecular flexibility index (Phi) is 7.10. The van der Waals surface area contributed by atoms with Gasteiger partial charge in [-0.2, -0.15) is 0 Å². The van der Waals surface area contributed by atoms with Gasteiger partial charge in [-0.25, -0.2) is 4.68 Å². The molecule has 4 aromatic rings. The fourth-order valence-electron chi connectivity index (χ4n) is 4.60. The van der Waals surface area contributed by atoms with E-state index in [0.717, 1.165) is 27.9 Å². The van der Waals surface area contributed by atoms with Gasteiger partial charge in [0.1, 0.15) is 0 Å². The molecule has 0 spiro atoms. The van der Waals surface area contributed by atoms with Crippen LogP contribution in [0.1, 0.15) is 63.2 Å². The molecule has 0 aliphatic heterocycles. The van der Waals surface area contributed by atoms with Gasteiger partial charge in [0.25, 0.3) is 5.56 Å². The third kappa shape index (κ3) is 5.31. The summed E-state index contributed by atoms with van der Waals surface area (Å²) >= 11 is 6.57. The quantitative estimate of drug-likeness (QED) is 0.361. The number of pyridine rings is 1. The standard InChI is InChI=1S/C27H33ClN6O/c1-17(2)24(25-30-31-32-34(25)27(4,5)6)33(15-20-11-7-8-13-22(20)28)16-21-14-19-12-9-10-18(3)23(19)29-26(21)35/h7-14,17,24H,15-16H2,1-6H3,(H,29,35). The summed E-state index contributed by atoms with van der Waals surface area (Å²) in [6.45, 7) is 13.5. The SMILES string of the molecule is Cc1cccc2cc(CN(Cc3ccccc3Cl)C(c3nnnn3C(C)(C)C)C(C)C)c(=O)[nH]c12. The Hall–Kier alpha value is -3.03. The Bertz CT molecular complexity index is 1380. The molecule has 184 valence electrons. The lowest BCUT2D eigenvalue weighted by atomic mass is 9.98. The van der Waals surface area contributed by atoms with Gasteiger partial charge in [0.15, 0.2) is 5.82 Å². The fraction of sp³-hybridized carbons (Fsp3) is 0.407. The highest BCUT2D eigenvalue weighted by Crippen LogP contribution is 2.33. The molecule has 1 N–H and O–H groups in total. The number of aryl methyl sites for hydroxylation is 1. The first kappa shape index (κ1) is 25.1. The number of hydrogen-bond donors (Lipinski definition) is 1. The van der Waals surface area contributed by atoms with Crippen LogP contribution in [0.2, 0.25) is 5.02 Å². The maximum atomic E-state index is 13.2. The predicted octanol–water partition coefficient (Wildman–Crippen LogP) is 5.63. The van der Waals surface area contributed by atoms with Crippen LogP contribution >= 0.6 is 11.6 Å². The van der Waals surface area contributed by atoms with Crippen LogP contribution < -0.4 is 5.56 Å². The molecule has 1 unspecified atom stereocenters. The van der Waals surface area contributed by atoms with Gasteiger partial charge in [0, 0.05) is 23.7 Å². The van der Waals surface area contributed by atoms with E-state index in [9.17, 15) is 4.79 Å². The van der Waals surface area contributed by atoms with Crippen LogP contribution in [0.4, 0.5) is 0 Å². The molecule has 35 heavy (non-hydrogen) atoms. The number of H-pyrrole nitrogens is 1.